The Labute approximate surface area is 465 Å². The second-order valence-corrected chi connectivity index (χ2v) is 23.6. The second kappa shape index (κ2) is 56.2. The SMILES string of the molecule is CCCCCCCCCC/C=C\CCCCCCCCCCCCCCCCCCCCCCCCCCCCCCCC(=O)NC(COC1OC(CO)C(O)C(O)C1O)C(O)CCCCCCCCCCCCC. The molecule has 446 valence electrons. The van der Waals surface area contributed by atoms with E-state index in [-0.39, 0.29) is 12.5 Å². The molecule has 0 spiro atoms. The van der Waals surface area contributed by atoms with E-state index >= 15 is 0 Å². The van der Waals surface area contributed by atoms with Crippen molar-refractivity contribution in [3.05, 3.63) is 12.2 Å². The molecule has 0 aromatic heterocycles. The molecular formula is C66H129NO8. The van der Waals surface area contributed by atoms with Crippen molar-refractivity contribution in [1.29, 1.82) is 0 Å². The molecule has 75 heavy (non-hydrogen) atoms. The topological polar surface area (TPSA) is 149 Å². The van der Waals surface area contributed by atoms with Gasteiger partial charge in [0.15, 0.2) is 6.29 Å². The lowest BCUT2D eigenvalue weighted by atomic mass is 9.99. The van der Waals surface area contributed by atoms with Crippen LogP contribution in [0.1, 0.15) is 348 Å². The van der Waals surface area contributed by atoms with E-state index in [1.54, 1.807) is 0 Å². The fourth-order valence-electron chi connectivity index (χ4n) is 11.1. The van der Waals surface area contributed by atoms with Crippen LogP contribution in [0, 0.1) is 0 Å². The van der Waals surface area contributed by atoms with Crippen molar-refractivity contribution in [2.45, 2.75) is 391 Å². The van der Waals surface area contributed by atoms with Crippen LogP contribution in [0.3, 0.4) is 0 Å². The molecule has 7 unspecified atom stereocenters. The van der Waals surface area contributed by atoms with Crippen LogP contribution in [0.5, 0.6) is 0 Å². The van der Waals surface area contributed by atoms with Gasteiger partial charge in [-0.15, -0.1) is 0 Å². The minimum atomic E-state index is -1.55. The third-order valence-electron chi connectivity index (χ3n) is 16.4. The predicted octanol–water partition coefficient (Wildman–Crippen LogP) is 17.5. The molecule has 1 amide bonds. The summed E-state index contributed by atoms with van der Waals surface area (Å²) >= 11 is 0. The Morgan fingerprint density at radius 1 is 0.440 bits per heavy atom. The molecule has 1 fully saturated rings. The summed E-state index contributed by atoms with van der Waals surface area (Å²) < 4.78 is 11.3. The zero-order valence-electron chi connectivity index (χ0n) is 49.8. The van der Waals surface area contributed by atoms with E-state index in [9.17, 15) is 30.3 Å². The highest BCUT2D eigenvalue weighted by Gasteiger charge is 2.44. The maximum atomic E-state index is 13.1. The normalized spacial score (nSPS) is 18.8. The lowest BCUT2D eigenvalue weighted by Crippen LogP contribution is -2.60. The number of allylic oxidation sites excluding steroid dienone is 2. The van der Waals surface area contributed by atoms with Crippen LogP contribution < -0.4 is 5.32 Å². The van der Waals surface area contributed by atoms with Gasteiger partial charge in [0.2, 0.25) is 5.91 Å². The van der Waals surface area contributed by atoms with Crippen molar-refractivity contribution in [2.24, 2.45) is 0 Å². The Morgan fingerprint density at radius 3 is 1.08 bits per heavy atom. The van der Waals surface area contributed by atoms with Crippen LogP contribution in [0.15, 0.2) is 12.2 Å². The molecule has 1 rings (SSSR count). The lowest BCUT2D eigenvalue weighted by molar-refractivity contribution is -0.302. The number of aliphatic hydroxyl groups is 5. The summed E-state index contributed by atoms with van der Waals surface area (Å²) in [6.45, 7) is 3.86. The number of hydrogen-bond acceptors (Lipinski definition) is 8. The highest BCUT2D eigenvalue weighted by Crippen LogP contribution is 2.24. The van der Waals surface area contributed by atoms with Crippen LogP contribution in [0.25, 0.3) is 0 Å². The molecule has 0 saturated carbocycles. The predicted molar refractivity (Wildman–Crippen MR) is 318 cm³/mol. The molecule has 1 aliphatic heterocycles. The van der Waals surface area contributed by atoms with E-state index < -0.39 is 49.5 Å². The number of aliphatic hydroxyl groups excluding tert-OH is 5. The van der Waals surface area contributed by atoms with Crippen LogP contribution in [-0.4, -0.2) is 87.5 Å². The van der Waals surface area contributed by atoms with Gasteiger partial charge < -0.3 is 40.3 Å². The number of carbonyl (C=O) groups excluding carboxylic acids is 1. The molecule has 0 radical (unpaired) electrons. The summed E-state index contributed by atoms with van der Waals surface area (Å²) in [5, 5.41) is 54.6. The Bertz CT molecular complexity index is 1190. The van der Waals surface area contributed by atoms with Crippen molar-refractivity contribution in [3.8, 4) is 0 Å². The molecule has 0 aromatic rings. The number of carbonyl (C=O) groups is 1. The third kappa shape index (κ3) is 45.4. The quantitative estimate of drug-likeness (QED) is 0.0261. The van der Waals surface area contributed by atoms with Crippen molar-refractivity contribution >= 4 is 5.91 Å². The van der Waals surface area contributed by atoms with Gasteiger partial charge >= 0.3 is 0 Å². The number of ether oxygens (including phenoxy) is 2. The Morgan fingerprint density at radius 2 is 0.747 bits per heavy atom. The summed E-state index contributed by atoms with van der Waals surface area (Å²) in [4.78, 5) is 13.1. The van der Waals surface area contributed by atoms with Gasteiger partial charge in [0.05, 0.1) is 25.4 Å². The van der Waals surface area contributed by atoms with E-state index in [4.69, 9.17) is 9.47 Å². The molecule has 9 heteroatoms. The largest absolute Gasteiger partial charge is 0.394 e. The average molecular weight is 1060 g/mol. The van der Waals surface area contributed by atoms with Gasteiger partial charge in [-0.25, -0.2) is 0 Å². The number of amides is 1. The molecule has 9 nitrogen and oxygen atoms in total. The van der Waals surface area contributed by atoms with Crippen molar-refractivity contribution in [3.63, 3.8) is 0 Å². The summed E-state index contributed by atoms with van der Waals surface area (Å²) in [6.07, 6.45) is 64.6. The van der Waals surface area contributed by atoms with Gasteiger partial charge in [0.25, 0.3) is 0 Å². The first-order valence-corrected chi connectivity index (χ1v) is 33.4. The zero-order chi connectivity index (χ0) is 54.3. The van der Waals surface area contributed by atoms with Crippen LogP contribution in [-0.2, 0) is 14.3 Å². The minimum Gasteiger partial charge on any atom is -0.394 e. The highest BCUT2D eigenvalue weighted by molar-refractivity contribution is 5.76. The number of rotatable bonds is 59. The number of hydrogen-bond donors (Lipinski definition) is 6. The smallest absolute Gasteiger partial charge is 0.220 e. The van der Waals surface area contributed by atoms with E-state index in [1.165, 1.54) is 283 Å². The first kappa shape index (κ1) is 71.9. The first-order valence-electron chi connectivity index (χ1n) is 33.4. The second-order valence-electron chi connectivity index (χ2n) is 23.6. The summed E-state index contributed by atoms with van der Waals surface area (Å²) in [6, 6.07) is -0.713. The maximum absolute atomic E-state index is 13.1. The molecule has 6 N–H and O–H groups in total. The van der Waals surface area contributed by atoms with Crippen LogP contribution in [0.2, 0.25) is 0 Å². The molecule has 1 aliphatic rings. The fourth-order valence-corrected chi connectivity index (χ4v) is 11.1. The lowest BCUT2D eigenvalue weighted by Gasteiger charge is -2.40. The van der Waals surface area contributed by atoms with Crippen molar-refractivity contribution in [1.82, 2.24) is 5.32 Å². The summed E-state index contributed by atoms with van der Waals surface area (Å²) in [7, 11) is 0. The minimum absolute atomic E-state index is 0.132. The van der Waals surface area contributed by atoms with Gasteiger partial charge in [-0.2, -0.15) is 0 Å². The summed E-state index contributed by atoms with van der Waals surface area (Å²) in [5.74, 6) is -0.138. The summed E-state index contributed by atoms with van der Waals surface area (Å²) in [5.41, 5.74) is 0. The zero-order valence-corrected chi connectivity index (χ0v) is 49.8. The standard InChI is InChI=1S/C66H129NO8/c1-3-5-7-9-11-13-15-16-17-18-19-20-21-22-23-24-25-26-27-28-29-30-31-32-33-34-35-36-37-38-39-40-41-42-43-44-46-48-50-52-54-56-62(70)67-59(58-74-66-65(73)64(72)63(71)61(57-68)75-66)60(69)55-53-51-49-47-45-14-12-10-8-6-4-2/h18-19,59-61,63-66,68-69,71-73H,3-17,20-58H2,1-2H3,(H,67,70)/b19-18-. The molecule has 1 heterocycles. The van der Waals surface area contributed by atoms with E-state index in [0.717, 1.165) is 38.5 Å². The Hall–Kier alpha value is -1.07. The highest BCUT2D eigenvalue weighted by atomic mass is 16.7. The van der Waals surface area contributed by atoms with Gasteiger partial charge in [0, 0.05) is 6.42 Å². The van der Waals surface area contributed by atoms with Crippen LogP contribution >= 0.6 is 0 Å². The van der Waals surface area contributed by atoms with Gasteiger partial charge in [-0.1, -0.05) is 315 Å². The molecule has 7 atom stereocenters. The molecular weight excluding hydrogens is 935 g/mol. The molecule has 0 bridgehead atoms. The van der Waals surface area contributed by atoms with Crippen molar-refractivity contribution < 1.29 is 39.8 Å². The number of unbranched alkanes of at least 4 members (excludes halogenated alkanes) is 47. The van der Waals surface area contributed by atoms with E-state index in [0.29, 0.717) is 12.8 Å². The van der Waals surface area contributed by atoms with E-state index in [2.05, 4.69) is 31.3 Å². The third-order valence-corrected chi connectivity index (χ3v) is 16.4. The molecule has 1 saturated heterocycles. The van der Waals surface area contributed by atoms with Gasteiger partial charge in [0.1, 0.15) is 24.4 Å². The first-order chi connectivity index (χ1) is 36.8. The maximum Gasteiger partial charge on any atom is 0.220 e. The Kier molecular flexibility index (Phi) is 53.9. The average Bonchev–Trinajstić information content (AvgIpc) is 3.41. The van der Waals surface area contributed by atoms with E-state index in [1.807, 2.05) is 0 Å². The monoisotopic (exact) mass is 1060 g/mol. The number of nitrogens with one attached hydrogen (secondary N) is 1. The molecule has 0 aromatic carbocycles. The van der Waals surface area contributed by atoms with Crippen LogP contribution in [0.4, 0.5) is 0 Å². The molecule has 0 aliphatic carbocycles. The fraction of sp³-hybridized carbons (Fsp3) is 0.955. The van der Waals surface area contributed by atoms with Gasteiger partial charge in [-0.3, -0.25) is 4.79 Å². The Balaban J connectivity index is 1.96. The van der Waals surface area contributed by atoms with Crippen molar-refractivity contribution in [2.75, 3.05) is 13.2 Å². The van der Waals surface area contributed by atoms with Gasteiger partial charge in [-0.05, 0) is 38.5 Å².